The van der Waals surface area contributed by atoms with Crippen molar-refractivity contribution in [3.05, 3.63) is 48.0 Å². The summed E-state index contributed by atoms with van der Waals surface area (Å²) in [7, 11) is -3.56. The van der Waals surface area contributed by atoms with E-state index in [4.69, 9.17) is 0 Å². The van der Waals surface area contributed by atoms with E-state index >= 15 is 0 Å². The lowest BCUT2D eigenvalue weighted by Gasteiger charge is -2.03. The smallest absolute Gasteiger partial charge is 0.268 e. The second-order valence-corrected chi connectivity index (χ2v) is 5.57. The van der Waals surface area contributed by atoms with Crippen molar-refractivity contribution in [3.8, 4) is 0 Å². The molecular formula is C13H13NO3S. The molecule has 0 radical (unpaired) electrons. The number of nitrogens with zero attached hydrogens (tertiary/aromatic N) is 1. The van der Waals surface area contributed by atoms with E-state index in [0.717, 1.165) is 22.6 Å². The molecule has 2 aromatic carbocycles. The van der Waals surface area contributed by atoms with Crippen molar-refractivity contribution in [3.63, 3.8) is 0 Å². The van der Waals surface area contributed by atoms with Gasteiger partial charge in [-0.2, -0.15) is 8.42 Å². The van der Waals surface area contributed by atoms with E-state index in [1.165, 1.54) is 0 Å². The molecule has 0 N–H and O–H groups in total. The minimum Gasteiger partial charge on any atom is -0.268 e. The lowest BCUT2D eigenvalue weighted by atomic mass is 10.0. The first-order chi connectivity index (χ1) is 8.46. The Kier molecular flexibility index (Phi) is 3.34. The Morgan fingerprint density at radius 2 is 1.78 bits per heavy atom. The largest absolute Gasteiger partial charge is 0.325 e. The number of hydrogen-bond acceptors (Lipinski definition) is 4. The van der Waals surface area contributed by atoms with Gasteiger partial charge in [-0.25, -0.2) is 0 Å². The molecule has 0 bridgehead atoms. The predicted octanol–water partition coefficient (Wildman–Crippen LogP) is 2.54. The van der Waals surface area contributed by atoms with Crippen molar-refractivity contribution in [1.29, 1.82) is 0 Å². The Bertz CT molecular complexity index is 705. The van der Waals surface area contributed by atoms with Gasteiger partial charge in [-0.05, 0) is 29.3 Å². The number of fused-ring (bicyclic) bond motifs is 1. The molecule has 18 heavy (non-hydrogen) atoms. The fourth-order valence-electron chi connectivity index (χ4n) is 1.59. The Morgan fingerprint density at radius 3 is 2.44 bits per heavy atom. The van der Waals surface area contributed by atoms with Gasteiger partial charge in [0.25, 0.3) is 0 Å². The molecule has 2 rings (SSSR count). The summed E-state index contributed by atoms with van der Waals surface area (Å²) < 4.78 is 26.1. The normalized spacial score (nSPS) is 12.7. The van der Waals surface area contributed by atoms with Gasteiger partial charge in [-0.1, -0.05) is 41.6 Å². The highest BCUT2D eigenvalue weighted by Crippen LogP contribution is 2.16. The molecule has 0 aliphatic rings. The van der Waals surface area contributed by atoms with E-state index in [2.05, 4.69) is 9.44 Å². The second kappa shape index (κ2) is 4.78. The van der Waals surface area contributed by atoms with Crippen molar-refractivity contribution in [2.45, 2.75) is 6.92 Å². The Balaban J connectivity index is 2.36. The standard InChI is InChI=1S/C13H13NO3S/c1-10(14-17-18(2,15)16)12-8-7-11-5-3-4-6-13(11)9-12/h3-9H,1-2H3. The molecule has 5 heteroatoms. The van der Waals surface area contributed by atoms with Crippen LogP contribution in [-0.4, -0.2) is 20.4 Å². The van der Waals surface area contributed by atoms with E-state index < -0.39 is 10.1 Å². The van der Waals surface area contributed by atoms with Gasteiger partial charge in [0.1, 0.15) is 0 Å². The third-order valence-corrected chi connectivity index (χ3v) is 2.82. The lowest BCUT2D eigenvalue weighted by Crippen LogP contribution is -2.01. The minimum atomic E-state index is -3.56. The molecule has 0 heterocycles. The van der Waals surface area contributed by atoms with Gasteiger partial charge in [-0.3, -0.25) is 4.28 Å². The van der Waals surface area contributed by atoms with Gasteiger partial charge in [0.2, 0.25) is 0 Å². The molecule has 0 aliphatic carbocycles. The minimum absolute atomic E-state index is 0.520. The Morgan fingerprint density at radius 1 is 1.11 bits per heavy atom. The van der Waals surface area contributed by atoms with Crippen LogP contribution in [0.4, 0.5) is 0 Å². The van der Waals surface area contributed by atoms with Crippen molar-refractivity contribution < 1.29 is 12.7 Å². The maximum atomic E-state index is 10.9. The number of benzene rings is 2. The number of oxime groups is 1. The molecule has 0 saturated carbocycles. The summed E-state index contributed by atoms with van der Waals surface area (Å²) in [5.41, 5.74) is 1.35. The van der Waals surface area contributed by atoms with Gasteiger partial charge in [0, 0.05) is 0 Å². The highest BCUT2D eigenvalue weighted by Gasteiger charge is 2.03. The van der Waals surface area contributed by atoms with Crippen LogP contribution in [0.25, 0.3) is 10.8 Å². The van der Waals surface area contributed by atoms with Crippen LogP contribution in [0, 0.1) is 0 Å². The van der Waals surface area contributed by atoms with E-state index in [0.29, 0.717) is 5.71 Å². The van der Waals surface area contributed by atoms with Gasteiger partial charge in [0.05, 0.1) is 12.0 Å². The molecule has 4 nitrogen and oxygen atoms in total. The summed E-state index contributed by atoms with van der Waals surface area (Å²) in [6.07, 6.45) is 0.962. The average Bonchev–Trinajstić information content (AvgIpc) is 2.34. The summed E-state index contributed by atoms with van der Waals surface area (Å²) in [6, 6.07) is 13.7. The molecule has 2 aromatic rings. The van der Waals surface area contributed by atoms with Crippen LogP contribution in [0.5, 0.6) is 0 Å². The van der Waals surface area contributed by atoms with Crippen LogP contribution >= 0.6 is 0 Å². The highest BCUT2D eigenvalue weighted by atomic mass is 32.2. The van der Waals surface area contributed by atoms with Crippen LogP contribution in [0.2, 0.25) is 0 Å². The molecule has 94 valence electrons. The van der Waals surface area contributed by atoms with Crippen LogP contribution in [0.3, 0.4) is 0 Å². The van der Waals surface area contributed by atoms with Crippen LogP contribution in [-0.2, 0) is 14.4 Å². The summed E-state index contributed by atoms with van der Waals surface area (Å²) in [6.45, 7) is 1.70. The summed E-state index contributed by atoms with van der Waals surface area (Å²) in [4.78, 5) is 0. The summed E-state index contributed by atoms with van der Waals surface area (Å²) in [5, 5.41) is 5.80. The van der Waals surface area contributed by atoms with Gasteiger partial charge in [-0.15, -0.1) is 0 Å². The van der Waals surface area contributed by atoms with Gasteiger partial charge in [0.15, 0.2) is 0 Å². The molecular weight excluding hydrogens is 250 g/mol. The van der Waals surface area contributed by atoms with Crippen LogP contribution < -0.4 is 0 Å². The van der Waals surface area contributed by atoms with E-state index in [1.807, 2.05) is 42.5 Å². The Hall–Kier alpha value is -1.88. The quantitative estimate of drug-likeness (QED) is 0.631. The molecule has 0 amide bonds. The first kappa shape index (κ1) is 12.6. The Labute approximate surface area is 106 Å². The van der Waals surface area contributed by atoms with E-state index in [-0.39, 0.29) is 0 Å². The van der Waals surface area contributed by atoms with Gasteiger partial charge < -0.3 is 0 Å². The van der Waals surface area contributed by atoms with Crippen LogP contribution in [0.15, 0.2) is 47.6 Å². The predicted molar refractivity (Wildman–Crippen MR) is 72.1 cm³/mol. The summed E-state index contributed by atoms with van der Waals surface area (Å²) in [5.74, 6) is 0. The van der Waals surface area contributed by atoms with Crippen molar-refractivity contribution >= 4 is 26.6 Å². The molecule has 0 fully saturated rings. The second-order valence-electron chi connectivity index (χ2n) is 4.02. The van der Waals surface area contributed by atoms with Crippen LogP contribution in [0.1, 0.15) is 12.5 Å². The molecule has 0 aliphatic heterocycles. The maximum absolute atomic E-state index is 10.9. The number of hydrogen-bond donors (Lipinski definition) is 0. The number of rotatable bonds is 3. The van der Waals surface area contributed by atoms with Gasteiger partial charge >= 0.3 is 10.1 Å². The topological polar surface area (TPSA) is 55.7 Å². The van der Waals surface area contributed by atoms with E-state index in [9.17, 15) is 8.42 Å². The van der Waals surface area contributed by atoms with Crippen molar-refractivity contribution in [2.24, 2.45) is 5.16 Å². The molecule has 0 saturated heterocycles. The average molecular weight is 263 g/mol. The zero-order valence-corrected chi connectivity index (χ0v) is 10.9. The third kappa shape index (κ3) is 3.07. The first-order valence-corrected chi connectivity index (χ1v) is 7.20. The maximum Gasteiger partial charge on any atom is 0.325 e. The van der Waals surface area contributed by atoms with Crippen molar-refractivity contribution in [2.75, 3.05) is 6.26 Å². The van der Waals surface area contributed by atoms with E-state index in [1.54, 1.807) is 6.92 Å². The SMILES string of the molecule is CC(=NOS(C)(=O)=O)c1ccc2ccccc2c1. The fraction of sp³-hybridized carbons (Fsp3) is 0.154. The molecule has 0 aromatic heterocycles. The lowest BCUT2D eigenvalue weighted by molar-refractivity contribution is 0.343. The van der Waals surface area contributed by atoms with Crippen molar-refractivity contribution in [1.82, 2.24) is 0 Å². The zero-order valence-electron chi connectivity index (χ0n) is 10.1. The molecule has 0 spiro atoms. The molecule has 0 unspecified atom stereocenters. The summed E-state index contributed by atoms with van der Waals surface area (Å²) >= 11 is 0. The molecule has 0 atom stereocenters. The fourth-order valence-corrected chi connectivity index (χ4v) is 1.84. The monoisotopic (exact) mass is 263 g/mol. The highest BCUT2D eigenvalue weighted by molar-refractivity contribution is 7.85. The third-order valence-electron chi connectivity index (χ3n) is 2.48. The first-order valence-electron chi connectivity index (χ1n) is 5.38. The zero-order chi connectivity index (χ0) is 13.2.